The summed E-state index contributed by atoms with van der Waals surface area (Å²) in [5, 5.41) is 0. The Bertz CT molecular complexity index is 981. The maximum atomic E-state index is 13.9. The van der Waals surface area contributed by atoms with Crippen molar-refractivity contribution in [1.29, 1.82) is 0 Å². The highest BCUT2D eigenvalue weighted by molar-refractivity contribution is 5.56. The first kappa shape index (κ1) is 17.3. The number of fused-ring (bicyclic) bond motifs is 1. The van der Waals surface area contributed by atoms with Gasteiger partial charge in [-0.15, -0.1) is 0 Å². The second-order valence-electron chi connectivity index (χ2n) is 6.37. The smallest absolute Gasteiger partial charge is 0.200 e. The van der Waals surface area contributed by atoms with Gasteiger partial charge >= 0.3 is 0 Å². The standard InChI is InChI=1S/C20H18F2N4O/c1-12-14-11-24-20(17-5-3-4-7-23-17)25-16(14)6-8-26(12)13-9-15(21)19(22)18(10-13)27-2/h3-5,7,9-12H,6,8H2,1-2H3. The third kappa shape index (κ3) is 3.09. The van der Waals surface area contributed by atoms with E-state index in [4.69, 9.17) is 4.74 Å². The first-order chi connectivity index (χ1) is 13.1. The normalized spacial score (nSPS) is 16.1. The molecule has 0 radical (unpaired) electrons. The van der Waals surface area contributed by atoms with Crippen LogP contribution >= 0.6 is 0 Å². The second-order valence-corrected chi connectivity index (χ2v) is 6.37. The van der Waals surface area contributed by atoms with Crippen molar-refractivity contribution in [3.63, 3.8) is 0 Å². The summed E-state index contributed by atoms with van der Waals surface area (Å²) in [7, 11) is 1.32. The number of halogens is 2. The van der Waals surface area contributed by atoms with Crippen molar-refractivity contribution in [1.82, 2.24) is 15.0 Å². The average molecular weight is 368 g/mol. The molecule has 0 amide bonds. The molecule has 0 bridgehead atoms. The van der Waals surface area contributed by atoms with Crippen molar-refractivity contribution in [2.24, 2.45) is 0 Å². The van der Waals surface area contributed by atoms with Crippen molar-refractivity contribution < 1.29 is 13.5 Å². The van der Waals surface area contributed by atoms with E-state index in [1.807, 2.05) is 30.0 Å². The molecule has 0 N–H and O–H groups in total. The fraction of sp³-hybridized carbons (Fsp3) is 0.250. The van der Waals surface area contributed by atoms with E-state index in [0.29, 0.717) is 24.5 Å². The molecule has 1 aliphatic heterocycles. The quantitative estimate of drug-likeness (QED) is 0.701. The number of methoxy groups -OCH3 is 1. The predicted octanol–water partition coefficient (Wildman–Crippen LogP) is 3.95. The summed E-state index contributed by atoms with van der Waals surface area (Å²) in [6.07, 6.45) is 4.17. The van der Waals surface area contributed by atoms with E-state index in [1.165, 1.54) is 19.2 Å². The topological polar surface area (TPSA) is 51.1 Å². The lowest BCUT2D eigenvalue weighted by Crippen LogP contribution is -2.35. The molecule has 2 aromatic heterocycles. The van der Waals surface area contributed by atoms with Gasteiger partial charge in [0.15, 0.2) is 17.4 Å². The summed E-state index contributed by atoms with van der Waals surface area (Å²) in [4.78, 5) is 15.4. The Kier molecular flexibility index (Phi) is 4.43. The van der Waals surface area contributed by atoms with E-state index in [2.05, 4.69) is 15.0 Å². The van der Waals surface area contributed by atoms with E-state index in [-0.39, 0.29) is 11.8 Å². The van der Waals surface area contributed by atoms with Crippen LogP contribution in [0.4, 0.5) is 14.5 Å². The summed E-state index contributed by atoms with van der Waals surface area (Å²) in [5.74, 6) is -1.42. The highest BCUT2D eigenvalue weighted by Gasteiger charge is 2.27. The highest BCUT2D eigenvalue weighted by atomic mass is 19.2. The zero-order valence-electron chi connectivity index (χ0n) is 15.0. The first-order valence-corrected chi connectivity index (χ1v) is 8.65. The Morgan fingerprint density at radius 3 is 2.78 bits per heavy atom. The van der Waals surface area contributed by atoms with E-state index >= 15 is 0 Å². The van der Waals surface area contributed by atoms with Gasteiger partial charge in [0.05, 0.1) is 18.8 Å². The largest absolute Gasteiger partial charge is 0.493 e. The lowest BCUT2D eigenvalue weighted by Gasteiger charge is -2.36. The Balaban J connectivity index is 1.68. The number of hydrogen-bond donors (Lipinski definition) is 0. The molecule has 1 aromatic carbocycles. The molecule has 0 fully saturated rings. The molecule has 0 saturated heterocycles. The van der Waals surface area contributed by atoms with E-state index in [9.17, 15) is 8.78 Å². The van der Waals surface area contributed by atoms with Gasteiger partial charge in [-0.3, -0.25) is 4.98 Å². The fourth-order valence-corrected chi connectivity index (χ4v) is 3.40. The van der Waals surface area contributed by atoms with Crippen molar-refractivity contribution in [2.75, 3.05) is 18.6 Å². The minimum absolute atomic E-state index is 0.0823. The molecule has 0 aliphatic carbocycles. The molecule has 3 aromatic rings. The molecule has 0 saturated carbocycles. The van der Waals surface area contributed by atoms with Crippen LogP contribution in [0.25, 0.3) is 11.5 Å². The van der Waals surface area contributed by atoms with Crippen LogP contribution in [0.3, 0.4) is 0 Å². The van der Waals surface area contributed by atoms with Crippen LogP contribution in [0, 0.1) is 11.6 Å². The third-order valence-electron chi connectivity index (χ3n) is 4.83. The SMILES string of the molecule is COc1cc(N2CCc3nc(-c4ccccn4)ncc3C2C)cc(F)c1F. The van der Waals surface area contributed by atoms with E-state index in [0.717, 1.165) is 17.0 Å². The van der Waals surface area contributed by atoms with Crippen molar-refractivity contribution in [3.05, 3.63) is 65.6 Å². The molecule has 27 heavy (non-hydrogen) atoms. The number of ether oxygens (including phenoxy) is 1. The molecular formula is C20H18F2N4O. The zero-order valence-corrected chi connectivity index (χ0v) is 15.0. The maximum absolute atomic E-state index is 13.9. The monoisotopic (exact) mass is 368 g/mol. The summed E-state index contributed by atoms with van der Waals surface area (Å²) in [6, 6.07) is 8.24. The maximum Gasteiger partial charge on any atom is 0.200 e. The van der Waals surface area contributed by atoms with Gasteiger partial charge in [0.25, 0.3) is 0 Å². The van der Waals surface area contributed by atoms with Crippen LogP contribution in [-0.2, 0) is 6.42 Å². The number of pyridine rings is 1. The van der Waals surface area contributed by atoms with Crippen LogP contribution < -0.4 is 9.64 Å². The van der Waals surface area contributed by atoms with Gasteiger partial charge in [0.2, 0.25) is 5.82 Å². The molecule has 1 atom stereocenters. The highest BCUT2D eigenvalue weighted by Crippen LogP contribution is 2.36. The minimum Gasteiger partial charge on any atom is -0.493 e. The Morgan fingerprint density at radius 2 is 2.04 bits per heavy atom. The average Bonchev–Trinajstić information content (AvgIpc) is 2.70. The van der Waals surface area contributed by atoms with Crippen LogP contribution in [0.5, 0.6) is 5.75 Å². The van der Waals surface area contributed by atoms with Gasteiger partial charge in [0.1, 0.15) is 5.69 Å². The second kappa shape index (κ2) is 6.90. The van der Waals surface area contributed by atoms with Crippen molar-refractivity contribution >= 4 is 5.69 Å². The number of rotatable bonds is 3. The van der Waals surface area contributed by atoms with E-state index < -0.39 is 11.6 Å². The van der Waals surface area contributed by atoms with Crippen molar-refractivity contribution in [2.45, 2.75) is 19.4 Å². The first-order valence-electron chi connectivity index (χ1n) is 8.65. The summed E-state index contributed by atoms with van der Waals surface area (Å²) in [6.45, 7) is 2.62. The van der Waals surface area contributed by atoms with Gasteiger partial charge in [0, 0.05) is 48.7 Å². The number of anilines is 1. The van der Waals surface area contributed by atoms with Crippen LogP contribution in [0.2, 0.25) is 0 Å². The summed E-state index contributed by atoms with van der Waals surface area (Å²) in [5.41, 5.74) is 3.20. The molecule has 0 spiro atoms. The minimum atomic E-state index is -0.977. The molecule has 138 valence electrons. The Hall–Kier alpha value is -3.09. The van der Waals surface area contributed by atoms with Crippen molar-refractivity contribution in [3.8, 4) is 17.3 Å². The van der Waals surface area contributed by atoms with Gasteiger partial charge in [-0.05, 0) is 19.1 Å². The molecule has 3 heterocycles. The summed E-state index contributed by atoms with van der Waals surface area (Å²) < 4.78 is 32.6. The number of nitrogens with zero attached hydrogens (tertiary/aromatic N) is 4. The molecule has 1 aliphatic rings. The predicted molar refractivity (Wildman–Crippen MR) is 97.6 cm³/mol. The number of aromatic nitrogens is 3. The molecule has 4 rings (SSSR count). The molecule has 7 heteroatoms. The van der Waals surface area contributed by atoms with Crippen LogP contribution in [0.15, 0.2) is 42.7 Å². The van der Waals surface area contributed by atoms with Gasteiger partial charge < -0.3 is 9.64 Å². The van der Waals surface area contributed by atoms with Crippen LogP contribution in [-0.4, -0.2) is 28.6 Å². The van der Waals surface area contributed by atoms with Gasteiger partial charge in [-0.2, -0.15) is 4.39 Å². The molecule has 5 nitrogen and oxygen atoms in total. The van der Waals surface area contributed by atoms with Gasteiger partial charge in [-0.1, -0.05) is 6.07 Å². The van der Waals surface area contributed by atoms with Crippen LogP contribution in [0.1, 0.15) is 24.2 Å². The fourth-order valence-electron chi connectivity index (χ4n) is 3.40. The summed E-state index contributed by atoms with van der Waals surface area (Å²) >= 11 is 0. The molecule has 1 unspecified atom stereocenters. The Labute approximate surface area is 155 Å². The number of benzene rings is 1. The molecular weight excluding hydrogens is 350 g/mol. The van der Waals surface area contributed by atoms with E-state index in [1.54, 1.807) is 12.4 Å². The number of hydrogen-bond acceptors (Lipinski definition) is 5. The third-order valence-corrected chi connectivity index (χ3v) is 4.83. The zero-order chi connectivity index (χ0) is 19.0. The lowest BCUT2D eigenvalue weighted by atomic mass is 9.98. The van der Waals surface area contributed by atoms with Gasteiger partial charge in [-0.25, -0.2) is 14.4 Å². The lowest BCUT2D eigenvalue weighted by molar-refractivity contribution is 0.371. The Morgan fingerprint density at radius 1 is 1.19 bits per heavy atom.